The topological polar surface area (TPSA) is 64.1 Å². The molecule has 33 heavy (non-hydrogen) atoms. The third-order valence-corrected chi connectivity index (χ3v) is 6.20. The average molecular weight is 468 g/mol. The van der Waals surface area contributed by atoms with E-state index < -0.39 is 0 Å². The summed E-state index contributed by atoms with van der Waals surface area (Å²) in [5.74, 6) is 2.05. The molecule has 1 fully saturated rings. The lowest BCUT2D eigenvalue weighted by Crippen LogP contribution is -2.48. The Morgan fingerprint density at radius 2 is 1.82 bits per heavy atom. The van der Waals surface area contributed by atoms with Crippen molar-refractivity contribution in [2.45, 2.75) is 20.1 Å². The Hall–Kier alpha value is -3.10. The quantitative estimate of drug-likeness (QED) is 0.472. The highest BCUT2D eigenvalue weighted by molar-refractivity contribution is 7.07. The minimum Gasteiger partial charge on any atom is -0.494 e. The molecule has 0 spiro atoms. The molecule has 2 heterocycles. The van der Waals surface area contributed by atoms with E-state index in [-0.39, 0.29) is 5.91 Å². The fourth-order valence-corrected chi connectivity index (χ4v) is 4.33. The summed E-state index contributed by atoms with van der Waals surface area (Å²) in [6.07, 6.45) is 0. The molecule has 0 radical (unpaired) electrons. The number of carbonyl (C=O) groups excluding carboxylic acids is 1. The monoisotopic (exact) mass is 467 g/mol. The number of rotatable bonds is 9. The normalized spacial score (nSPS) is 14.2. The molecule has 0 unspecified atom stereocenters. The first-order chi connectivity index (χ1) is 16.2. The maximum absolute atomic E-state index is 13.1. The lowest BCUT2D eigenvalue weighted by Gasteiger charge is -2.35. The van der Waals surface area contributed by atoms with Gasteiger partial charge in [0.05, 0.1) is 24.9 Å². The molecule has 3 aromatic rings. The predicted octanol–water partition coefficient (Wildman–Crippen LogP) is 4.09. The fraction of sp³-hybridized carbons (Fsp3) is 0.360. The maximum Gasteiger partial charge on any atom is 0.254 e. The lowest BCUT2D eigenvalue weighted by atomic mass is 10.1. The van der Waals surface area contributed by atoms with Crippen LogP contribution in [0.5, 0.6) is 17.2 Å². The summed E-state index contributed by atoms with van der Waals surface area (Å²) in [6.45, 7) is 6.95. The number of benzene rings is 2. The van der Waals surface area contributed by atoms with Gasteiger partial charge in [-0.25, -0.2) is 4.98 Å². The minimum atomic E-state index is 0.0140. The van der Waals surface area contributed by atoms with Crippen LogP contribution in [0.2, 0.25) is 0 Å². The summed E-state index contributed by atoms with van der Waals surface area (Å²) < 4.78 is 16.8. The first kappa shape index (κ1) is 23.1. The second-order valence-corrected chi connectivity index (χ2v) is 8.50. The van der Waals surface area contributed by atoms with Crippen molar-refractivity contribution in [3.63, 3.8) is 0 Å². The van der Waals surface area contributed by atoms with Crippen LogP contribution < -0.4 is 14.2 Å². The number of ether oxygens (including phenoxy) is 3. The van der Waals surface area contributed by atoms with Crippen LogP contribution in [0.25, 0.3) is 0 Å². The first-order valence-corrected chi connectivity index (χ1v) is 12.0. The molecule has 0 bridgehead atoms. The third kappa shape index (κ3) is 6.03. The Balaban J connectivity index is 1.31. The van der Waals surface area contributed by atoms with Crippen molar-refractivity contribution < 1.29 is 19.0 Å². The fourth-order valence-electron chi connectivity index (χ4n) is 3.79. The minimum absolute atomic E-state index is 0.0140. The Labute approximate surface area is 198 Å². The van der Waals surface area contributed by atoms with E-state index in [4.69, 9.17) is 14.2 Å². The van der Waals surface area contributed by atoms with Crippen LogP contribution in [0, 0.1) is 0 Å². The zero-order chi connectivity index (χ0) is 23.0. The molecule has 1 saturated heterocycles. The number of piperazine rings is 1. The SMILES string of the molecule is CCOc1ccc(CN2CCN(C(=O)c3ccc(OCc4cscn4)c(OC)c3)CC2)cc1. The number of thiazole rings is 1. The van der Waals surface area contributed by atoms with Crippen LogP contribution in [-0.4, -0.2) is 60.6 Å². The summed E-state index contributed by atoms with van der Waals surface area (Å²) in [7, 11) is 1.58. The number of methoxy groups -OCH3 is 1. The van der Waals surface area contributed by atoms with Crippen molar-refractivity contribution in [2.75, 3.05) is 39.9 Å². The van der Waals surface area contributed by atoms with E-state index in [1.807, 2.05) is 29.3 Å². The number of carbonyl (C=O) groups is 1. The van der Waals surface area contributed by atoms with Gasteiger partial charge in [-0.2, -0.15) is 0 Å². The van der Waals surface area contributed by atoms with E-state index in [1.165, 1.54) is 16.9 Å². The van der Waals surface area contributed by atoms with Gasteiger partial charge in [-0.15, -0.1) is 11.3 Å². The Kier molecular flexibility index (Phi) is 7.80. The highest BCUT2D eigenvalue weighted by atomic mass is 32.1. The number of nitrogens with zero attached hydrogens (tertiary/aromatic N) is 3. The summed E-state index contributed by atoms with van der Waals surface area (Å²) >= 11 is 1.53. The van der Waals surface area contributed by atoms with Crippen LogP contribution in [0.3, 0.4) is 0 Å². The van der Waals surface area contributed by atoms with Crippen molar-refractivity contribution in [3.05, 3.63) is 70.2 Å². The average Bonchev–Trinajstić information content (AvgIpc) is 3.38. The Morgan fingerprint density at radius 3 is 2.48 bits per heavy atom. The van der Waals surface area contributed by atoms with Gasteiger partial charge in [-0.05, 0) is 42.8 Å². The smallest absolute Gasteiger partial charge is 0.254 e. The predicted molar refractivity (Wildman–Crippen MR) is 128 cm³/mol. The van der Waals surface area contributed by atoms with Gasteiger partial charge in [-0.3, -0.25) is 9.69 Å². The molecule has 0 N–H and O–H groups in total. The summed E-state index contributed by atoms with van der Waals surface area (Å²) in [5.41, 5.74) is 4.49. The van der Waals surface area contributed by atoms with E-state index in [0.717, 1.165) is 31.1 Å². The number of amides is 1. The number of aromatic nitrogens is 1. The van der Waals surface area contributed by atoms with Crippen LogP contribution in [0.15, 0.2) is 53.4 Å². The van der Waals surface area contributed by atoms with Crippen LogP contribution in [0.1, 0.15) is 28.5 Å². The Morgan fingerprint density at radius 1 is 1.03 bits per heavy atom. The number of hydrogen-bond acceptors (Lipinski definition) is 7. The molecule has 8 heteroatoms. The van der Waals surface area contributed by atoms with Gasteiger partial charge in [0.15, 0.2) is 11.5 Å². The summed E-state index contributed by atoms with van der Waals surface area (Å²) in [6, 6.07) is 13.6. The first-order valence-electron chi connectivity index (χ1n) is 11.1. The van der Waals surface area contributed by atoms with Gasteiger partial charge in [0.25, 0.3) is 5.91 Å². The van der Waals surface area contributed by atoms with E-state index in [1.54, 1.807) is 30.8 Å². The van der Waals surface area contributed by atoms with Crippen LogP contribution >= 0.6 is 11.3 Å². The highest BCUT2D eigenvalue weighted by Gasteiger charge is 2.23. The van der Waals surface area contributed by atoms with Gasteiger partial charge in [-0.1, -0.05) is 12.1 Å². The van der Waals surface area contributed by atoms with Crippen molar-refractivity contribution >= 4 is 17.2 Å². The second-order valence-electron chi connectivity index (χ2n) is 7.78. The number of hydrogen-bond donors (Lipinski definition) is 0. The van der Waals surface area contributed by atoms with Crippen LogP contribution in [-0.2, 0) is 13.2 Å². The molecule has 1 aromatic heterocycles. The van der Waals surface area contributed by atoms with Crippen molar-refractivity contribution in [2.24, 2.45) is 0 Å². The molecule has 0 aliphatic carbocycles. The molecule has 1 aliphatic rings. The molecular weight excluding hydrogens is 438 g/mol. The van der Waals surface area contributed by atoms with Crippen molar-refractivity contribution in [3.8, 4) is 17.2 Å². The van der Waals surface area contributed by atoms with Crippen molar-refractivity contribution in [1.29, 1.82) is 0 Å². The molecule has 2 aromatic carbocycles. The van der Waals surface area contributed by atoms with E-state index >= 15 is 0 Å². The van der Waals surface area contributed by atoms with E-state index in [2.05, 4.69) is 22.0 Å². The van der Waals surface area contributed by atoms with Crippen molar-refractivity contribution in [1.82, 2.24) is 14.8 Å². The van der Waals surface area contributed by atoms with Gasteiger partial charge in [0.1, 0.15) is 12.4 Å². The molecule has 0 atom stereocenters. The van der Waals surface area contributed by atoms with Gasteiger partial charge >= 0.3 is 0 Å². The molecule has 4 rings (SSSR count). The molecule has 1 aliphatic heterocycles. The third-order valence-electron chi connectivity index (χ3n) is 5.57. The lowest BCUT2D eigenvalue weighted by molar-refractivity contribution is 0.0628. The van der Waals surface area contributed by atoms with Gasteiger partial charge in [0, 0.05) is 43.7 Å². The Bertz CT molecular complexity index is 1030. The molecule has 174 valence electrons. The van der Waals surface area contributed by atoms with Crippen LogP contribution in [0.4, 0.5) is 0 Å². The van der Waals surface area contributed by atoms with Gasteiger partial charge < -0.3 is 19.1 Å². The maximum atomic E-state index is 13.1. The largest absolute Gasteiger partial charge is 0.494 e. The van der Waals surface area contributed by atoms with Gasteiger partial charge in [0.2, 0.25) is 0 Å². The molecule has 1 amide bonds. The highest BCUT2D eigenvalue weighted by Crippen LogP contribution is 2.29. The second kappa shape index (κ2) is 11.2. The summed E-state index contributed by atoms with van der Waals surface area (Å²) in [4.78, 5) is 21.6. The molecule has 0 saturated carbocycles. The van der Waals surface area contributed by atoms with E-state index in [9.17, 15) is 4.79 Å². The molecular formula is C25H29N3O4S. The molecule has 7 nitrogen and oxygen atoms in total. The zero-order valence-electron chi connectivity index (χ0n) is 19.0. The standard InChI is InChI=1S/C25H29N3O4S/c1-3-31-22-7-4-19(5-8-22)15-27-10-12-28(13-11-27)25(29)20-6-9-23(24(14-20)30-2)32-16-21-17-33-18-26-21/h4-9,14,17-18H,3,10-13,15-16H2,1-2H3. The summed E-state index contributed by atoms with van der Waals surface area (Å²) in [5, 5.41) is 1.94. The van der Waals surface area contributed by atoms with E-state index in [0.29, 0.717) is 43.4 Å². The zero-order valence-corrected chi connectivity index (χ0v) is 19.8.